The largest absolute Gasteiger partial charge is 0.401 e. The molecule has 0 bridgehead atoms. The molecule has 4 heterocycles. The molecule has 9 heteroatoms. The highest BCUT2D eigenvalue weighted by atomic mass is 19.4. The molecular formula is C23H29F3N6. The number of piperazine rings is 1. The SMILES string of the molecule is FC(F)(F)CN(CC1CN2C(N3CCNCC3)=CC=CC2=N1)C1CCCc2cccnc21. The van der Waals surface area contributed by atoms with E-state index in [0.717, 1.165) is 61.9 Å². The molecule has 0 aromatic carbocycles. The molecule has 1 aromatic rings. The van der Waals surface area contributed by atoms with Gasteiger partial charge in [0.1, 0.15) is 11.7 Å². The van der Waals surface area contributed by atoms with E-state index in [-0.39, 0.29) is 18.6 Å². The number of alkyl halides is 3. The molecule has 0 radical (unpaired) electrons. The second-order valence-electron chi connectivity index (χ2n) is 8.87. The molecule has 2 unspecified atom stereocenters. The van der Waals surface area contributed by atoms with Gasteiger partial charge in [0.2, 0.25) is 0 Å². The topological polar surface area (TPSA) is 47.0 Å². The van der Waals surface area contributed by atoms with Crippen molar-refractivity contribution in [3.8, 4) is 0 Å². The number of hydrogen-bond donors (Lipinski definition) is 1. The Morgan fingerprint density at radius 3 is 2.88 bits per heavy atom. The molecule has 5 rings (SSSR count). The van der Waals surface area contributed by atoms with Crippen LogP contribution in [0.2, 0.25) is 0 Å². The first-order valence-corrected chi connectivity index (χ1v) is 11.4. The van der Waals surface area contributed by atoms with Crippen LogP contribution >= 0.6 is 0 Å². The summed E-state index contributed by atoms with van der Waals surface area (Å²) < 4.78 is 40.7. The van der Waals surface area contributed by atoms with Crippen molar-refractivity contribution in [2.75, 3.05) is 45.8 Å². The Bertz CT molecular complexity index is 919. The van der Waals surface area contributed by atoms with Crippen molar-refractivity contribution in [3.05, 3.63) is 53.6 Å². The summed E-state index contributed by atoms with van der Waals surface area (Å²) in [6, 6.07) is 3.33. The number of fused-ring (bicyclic) bond motifs is 2. The second kappa shape index (κ2) is 8.86. The number of aliphatic imine (C=N–C) groups is 1. The highest BCUT2D eigenvalue weighted by Gasteiger charge is 2.39. The van der Waals surface area contributed by atoms with Crippen LogP contribution in [0.3, 0.4) is 0 Å². The quantitative estimate of drug-likeness (QED) is 0.754. The Balaban J connectivity index is 1.35. The van der Waals surface area contributed by atoms with Crippen molar-refractivity contribution in [2.24, 2.45) is 4.99 Å². The highest BCUT2D eigenvalue weighted by molar-refractivity contribution is 5.96. The Morgan fingerprint density at radius 1 is 1.22 bits per heavy atom. The number of nitrogens with zero attached hydrogens (tertiary/aromatic N) is 5. The minimum atomic E-state index is -4.27. The van der Waals surface area contributed by atoms with Crippen LogP contribution < -0.4 is 5.32 Å². The van der Waals surface area contributed by atoms with Crippen LogP contribution in [-0.4, -0.2) is 83.6 Å². The van der Waals surface area contributed by atoms with Gasteiger partial charge in [0.05, 0.1) is 24.3 Å². The van der Waals surface area contributed by atoms with E-state index in [4.69, 9.17) is 4.99 Å². The van der Waals surface area contributed by atoms with Gasteiger partial charge in [0.25, 0.3) is 0 Å². The molecule has 4 aliphatic rings. The number of hydrogen-bond acceptors (Lipinski definition) is 6. The number of aryl methyl sites for hydroxylation is 1. The zero-order chi connectivity index (χ0) is 22.1. The van der Waals surface area contributed by atoms with Gasteiger partial charge in [-0.3, -0.25) is 14.9 Å². The summed E-state index contributed by atoms with van der Waals surface area (Å²) >= 11 is 0. The first kappa shape index (κ1) is 21.5. The fourth-order valence-electron chi connectivity index (χ4n) is 5.27. The minimum Gasteiger partial charge on any atom is -0.355 e. The van der Waals surface area contributed by atoms with Gasteiger partial charge in [-0.1, -0.05) is 12.1 Å². The van der Waals surface area contributed by atoms with Crippen LogP contribution in [0.5, 0.6) is 0 Å². The highest BCUT2D eigenvalue weighted by Crippen LogP contribution is 2.35. The van der Waals surface area contributed by atoms with Gasteiger partial charge in [-0.05, 0) is 43.0 Å². The average molecular weight is 447 g/mol. The molecule has 6 nitrogen and oxygen atoms in total. The number of allylic oxidation sites excluding steroid dienone is 2. The molecule has 1 aromatic heterocycles. The lowest BCUT2D eigenvalue weighted by Gasteiger charge is -2.38. The van der Waals surface area contributed by atoms with E-state index in [1.54, 1.807) is 11.1 Å². The standard InChI is InChI=1S/C23H29F3N6/c24-23(25,26)16-31(19-6-1-4-17-5-3-9-28-22(17)19)14-18-15-32-20(29-18)7-2-8-21(32)30-12-10-27-11-13-30/h2-3,5,7-9,18-19,27H,1,4,6,10-16H2. The summed E-state index contributed by atoms with van der Waals surface area (Å²) in [5.41, 5.74) is 1.87. The van der Waals surface area contributed by atoms with Gasteiger partial charge in [0, 0.05) is 45.5 Å². The van der Waals surface area contributed by atoms with Crippen molar-refractivity contribution in [1.82, 2.24) is 25.0 Å². The summed E-state index contributed by atoms with van der Waals surface area (Å²) in [4.78, 5) is 15.4. The molecular weight excluding hydrogens is 417 g/mol. The first-order valence-electron chi connectivity index (χ1n) is 11.4. The van der Waals surface area contributed by atoms with E-state index in [1.165, 1.54) is 0 Å². The smallest absolute Gasteiger partial charge is 0.355 e. The van der Waals surface area contributed by atoms with E-state index >= 15 is 0 Å². The van der Waals surface area contributed by atoms with Crippen molar-refractivity contribution in [3.63, 3.8) is 0 Å². The van der Waals surface area contributed by atoms with Crippen molar-refractivity contribution in [2.45, 2.75) is 37.5 Å². The zero-order valence-electron chi connectivity index (χ0n) is 18.1. The van der Waals surface area contributed by atoms with E-state index in [1.807, 2.05) is 24.3 Å². The minimum absolute atomic E-state index is 0.212. The Morgan fingerprint density at radius 2 is 2.06 bits per heavy atom. The predicted molar refractivity (Wildman–Crippen MR) is 117 cm³/mol. The third-order valence-corrected chi connectivity index (χ3v) is 6.63. The fraction of sp³-hybridized carbons (Fsp3) is 0.565. The maximum Gasteiger partial charge on any atom is 0.401 e. The maximum absolute atomic E-state index is 13.6. The monoisotopic (exact) mass is 446 g/mol. The Hall–Kier alpha value is -2.39. The van der Waals surface area contributed by atoms with Crippen molar-refractivity contribution in [1.29, 1.82) is 0 Å². The lowest BCUT2D eigenvalue weighted by molar-refractivity contribution is -0.152. The van der Waals surface area contributed by atoms with E-state index in [2.05, 4.69) is 26.2 Å². The number of aromatic nitrogens is 1. The Kier molecular flexibility index (Phi) is 5.94. The van der Waals surface area contributed by atoms with Gasteiger partial charge in [-0.15, -0.1) is 0 Å². The maximum atomic E-state index is 13.6. The predicted octanol–water partition coefficient (Wildman–Crippen LogP) is 2.72. The van der Waals surface area contributed by atoms with Crippen LogP contribution in [0.1, 0.15) is 30.1 Å². The molecule has 0 amide bonds. The van der Waals surface area contributed by atoms with E-state index in [9.17, 15) is 13.2 Å². The molecule has 1 N–H and O–H groups in total. The van der Waals surface area contributed by atoms with Gasteiger partial charge in [-0.25, -0.2) is 0 Å². The van der Waals surface area contributed by atoms with Crippen LogP contribution in [0.15, 0.2) is 47.4 Å². The molecule has 0 spiro atoms. The lowest BCUT2D eigenvalue weighted by Crippen LogP contribution is -2.48. The summed E-state index contributed by atoms with van der Waals surface area (Å²) in [5, 5.41) is 3.36. The third kappa shape index (κ3) is 4.54. The van der Waals surface area contributed by atoms with Gasteiger partial charge in [-0.2, -0.15) is 13.2 Å². The van der Waals surface area contributed by atoms with Crippen LogP contribution in [0.4, 0.5) is 13.2 Å². The molecule has 32 heavy (non-hydrogen) atoms. The summed E-state index contributed by atoms with van der Waals surface area (Å²) in [5.74, 6) is 1.95. The van der Waals surface area contributed by atoms with E-state index in [0.29, 0.717) is 13.0 Å². The molecule has 3 aliphatic heterocycles. The zero-order valence-corrected chi connectivity index (χ0v) is 18.1. The third-order valence-electron chi connectivity index (χ3n) is 6.63. The number of rotatable bonds is 5. The number of nitrogens with one attached hydrogen (secondary N) is 1. The fourth-order valence-corrected chi connectivity index (χ4v) is 5.27. The van der Waals surface area contributed by atoms with Crippen LogP contribution in [0, 0.1) is 0 Å². The van der Waals surface area contributed by atoms with E-state index < -0.39 is 12.7 Å². The normalized spacial score (nSPS) is 25.5. The summed E-state index contributed by atoms with van der Waals surface area (Å²) in [6.07, 6.45) is 5.90. The molecule has 1 fully saturated rings. The Labute approximate surface area is 186 Å². The van der Waals surface area contributed by atoms with Crippen LogP contribution in [0.25, 0.3) is 0 Å². The van der Waals surface area contributed by atoms with Crippen LogP contribution in [-0.2, 0) is 6.42 Å². The van der Waals surface area contributed by atoms with Crippen molar-refractivity contribution >= 4 is 5.84 Å². The lowest BCUT2D eigenvalue weighted by atomic mass is 9.90. The molecule has 1 saturated heterocycles. The van der Waals surface area contributed by atoms with Gasteiger partial charge in [0.15, 0.2) is 0 Å². The molecule has 2 atom stereocenters. The number of amidine groups is 1. The average Bonchev–Trinajstić information content (AvgIpc) is 3.20. The first-order chi connectivity index (χ1) is 15.5. The van der Waals surface area contributed by atoms with Gasteiger partial charge >= 0.3 is 6.18 Å². The number of pyridine rings is 1. The molecule has 172 valence electrons. The number of halogens is 3. The molecule has 0 saturated carbocycles. The van der Waals surface area contributed by atoms with Crippen molar-refractivity contribution < 1.29 is 13.2 Å². The van der Waals surface area contributed by atoms with Gasteiger partial charge < -0.3 is 15.1 Å². The summed E-state index contributed by atoms with van der Waals surface area (Å²) in [7, 11) is 0. The molecule has 1 aliphatic carbocycles. The second-order valence-corrected chi connectivity index (χ2v) is 8.87. The summed E-state index contributed by atoms with van der Waals surface area (Å²) in [6.45, 7) is 3.62.